The average molecular weight is 363 g/mol. The van der Waals surface area contributed by atoms with E-state index in [1.807, 2.05) is 5.32 Å². The molecule has 1 amide bonds. The predicted molar refractivity (Wildman–Crippen MR) is 86.9 cm³/mol. The number of carbonyl (C=O) groups is 1. The van der Waals surface area contributed by atoms with Crippen molar-refractivity contribution in [2.45, 2.75) is 19.1 Å². The van der Waals surface area contributed by atoms with Gasteiger partial charge in [-0.1, -0.05) is 6.07 Å². The number of fused-ring (bicyclic) bond motifs is 1. The molecule has 0 saturated carbocycles. The highest BCUT2D eigenvalue weighted by Gasteiger charge is 2.43. The van der Waals surface area contributed by atoms with Crippen molar-refractivity contribution in [3.05, 3.63) is 71.4 Å². The zero-order valence-corrected chi connectivity index (χ0v) is 13.5. The number of benzene rings is 1. The highest BCUT2D eigenvalue weighted by Crippen LogP contribution is 2.32. The van der Waals surface area contributed by atoms with Crippen molar-refractivity contribution in [1.82, 2.24) is 15.3 Å². The highest BCUT2D eigenvalue weighted by atomic mass is 19.4. The largest absolute Gasteiger partial charge is 0.414 e. The van der Waals surface area contributed by atoms with Gasteiger partial charge in [0.1, 0.15) is 5.82 Å². The van der Waals surface area contributed by atoms with Crippen LogP contribution in [0.3, 0.4) is 0 Å². The molecule has 0 aliphatic carbocycles. The molecule has 1 atom stereocenters. The van der Waals surface area contributed by atoms with Crippen LogP contribution in [0.5, 0.6) is 0 Å². The van der Waals surface area contributed by atoms with E-state index >= 15 is 0 Å². The van der Waals surface area contributed by atoms with Gasteiger partial charge in [0, 0.05) is 23.3 Å². The van der Waals surface area contributed by atoms with Gasteiger partial charge in [0.2, 0.25) is 0 Å². The van der Waals surface area contributed by atoms with Gasteiger partial charge >= 0.3 is 6.18 Å². The summed E-state index contributed by atoms with van der Waals surface area (Å²) in [6, 6.07) is 6.73. The van der Waals surface area contributed by atoms with Crippen molar-refractivity contribution in [2.75, 3.05) is 0 Å². The third-order valence-corrected chi connectivity index (χ3v) is 3.73. The Balaban J connectivity index is 2.02. The summed E-state index contributed by atoms with van der Waals surface area (Å²) >= 11 is 0. The molecular weight excluding hydrogens is 350 g/mol. The van der Waals surface area contributed by atoms with Gasteiger partial charge in [-0.15, -0.1) is 0 Å². The summed E-state index contributed by atoms with van der Waals surface area (Å²) in [6.45, 7) is 1.57. The second-order valence-corrected chi connectivity index (χ2v) is 5.68. The standard InChI is InChI=1S/C18H13F4N3O/c1-10-8-13(12-6-5-11(19)9-15(12)24-10)17(26)25-16(18(20,21)22)14-4-2-3-7-23-14/h2-9,16H,1H3,(H,25,26)/t16-/m1/s1. The van der Waals surface area contributed by atoms with Crippen LogP contribution in [0.4, 0.5) is 17.6 Å². The number of pyridine rings is 2. The van der Waals surface area contributed by atoms with E-state index in [4.69, 9.17) is 0 Å². The lowest BCUT2D eigenvalue weighted by Crippen LogP contribution is -2.38. The smallest absolute Gasteiger partial charge is 0.335 e. The lowest BCUT2D eigenvalue weighted by molar-refractivity contribution is -0.156. The Hall–Kier alpha value is -3.03. The Bertz CT molecular complexity index is 953. The van der Waals surface area contributed by atoms with Gasteiger partial charge in [0.25, 0.3) is 5.91 Å². The van der Waals surface area contributed by atoms with Gasteiger partial charge in [-0.2, -0.15) is 13.2 Å². The van der Waals surface area contributed by atoms with Crippen molar-refractivity contribution in [3.8, 4) is 0 Å². The average Bonchev–Trinajstić information content (AvgIpc) is 2.58. The molecule has 2 aromatic heterocycles. The van der Waals surface area contributed by atoms with Gasteiger partial charge in [-0.3, -0.25) is 14.8 Å². The molecule has 0 aliphatic heterocycles. The molecule has 3 rings (SSSR count). The number of aromatic nitrogens is 2. The maximum Gasteiger partial charge on any atom is 0.414 e. The fraction of sp³-hybridized carbons (Fsp3) is 0.167. The predicted octanol–water partition coefficient (Wildman–Crippen LogP) is 4.11. The van der Waals surface area contributed by atoms with E-state index in [2.05, 4.69) is 9.97 Å². The third-order valence-electron chi connectivity index (χ3n) is 3.73. The Morgan fingerprint density at radius 2 is 1.92 bits per heavy atom. The molecule has 134 valence electrons. The zero-order valence-electron chi connectivity index (χ0n) is 13.5. The van der Waals surface area contributed by atoms with Gasteiger partial charge in [0.05, 0.1) is 16.8 Å². The fourth-order valence-corrected chi connectivity index (χ4v) is 2.60. The van der Waals surface area contributed by atoms with E-state index in [1.165, 1.54) is 36.5 Å². The number of carbonyl (C=O) groups excluding carboxylic acids is 1. The SMILES string of the molecule is Cc1cc(C(=O)N[C@H](c2ccccn2)C(F)(F)F)c2ccc(F)cc2n1. The van der Waals surface area contributed by atoms with Crippen LogP contribution >= 0.6 is 0 Å². The van der Waals surface area contributed by atoms with Crippen LogP contribution < -0.4 is 5.32 Å². The summed E-state index contributed by atoms with van der Waals surface area (Å²) in [6.07, 6.45) is -3.51. The van der Waals surface area contributed by atoms with Gasteiger partial charge in [-0.25, -0.2) is 4.39 Å². The Labute approximate surface area is 145 Å². The molecular formula is C18H13F4N3O. The minimum Gasteiger partial charge on any atom is -0.335 e. The molecule has 0 unspecified atom stereocenters. The summed E-state index contributed by atoms with van der Waals surface area (Å²) in [5, 5.41) is 2.24. The third kappa shape index (κ3) is 3.63. The van der Waals surface area contributed by atoms with E-state index in [1.54, 1.807) is 6.92 Å². The van der Waals surface area contributed by atoms with Gasteiger partial charge in [0.15, 0.2) is 6.04 Å². The number of hydrogen-bond acceptors (Lipinski definition) is 3. The lowest BCUT2D eigenvalue weighted by Gasteiger charge is -2.21. The monoisotopic (exact) mass is 363 g/mol. The number of rotatable bonds is 3. The first kappa shape index (κ1) is 17.8. The molecule has 4 nitrogen and oxygen atoms in total. The van der Waals surface area contributed by atoms with Gasteiger partial charge < -0.3 is 5.32 Å². The van der Waals surface area contributed by atoms with Crippen LogP contribution in [0.15, 0.2) is 48.7 Å². The maximum atomic E-state index is 13.4. The summed E-state index contributed by atoms with van der Waals surface area (Å²) in [5.74, 6) is -1.50. The van der Waals surface area contributed by atoms with Crippen molar-refractivity contribution in [1.29, 1.82) is 0 Å². The van der Waals surface area contributed by atoms with E-state index in [9.17, 15) is 22.4 Å². The first-order chi connectivity index (χ1) is 12.3. The first-order valence-corrected chi connectivity index (χ1v) is 7.61. The molecule has 0 radical (unpaired) electrons. The summed E-state index contributed by atoms with van der Waals surface area (Å²) in [4.78, 5) is 20.4. The van der Waals surface area contributed by atoms with E-state index in [0.29, 0.717) is 5.69 Å². The highest BCUT2D eigenvalue weighted by molar-refractivity contribution is 6.06. The fourth-order valence-electron chi connectivity index (χ4n) is 2.60. The topological polar surface area (TPSA) is 54.9 Å². The van der Waals surface area contributed by atoms with E-state index in [0.717, 1.165) is 12.1 Å². The Morgan fingerprint density at radius 1 is 1.15 bits per heavy atom. The normalized spacial score (nSPS) is 12.8. The Morgan fingerprint density at radius 3 is 2.58 bits per heavy atom. The Kier molecular flexibility index (Phi) is 4.58. The number of hydrogen-bond donors (Lipinski definition) is 1. The van der Waals surface area contributed by atoms with Crippen LogP contribution in [0.1, 0.15) is 27.8 Å². The number of amides is 1. The molecule has 0 aliphatic rings. The van der Waals surface area contributed by atoms with Gasteiger partial charge in [-0.05, 0) is 37.3 Å². The number of alkyl halides is 3. The van der Waals surface area contributed by atoms with Crippen LogP contribution in [-0.2, 0) is 0 Å². The quantitative estimate of drug-likeness (QED) is 0.713. The van der Waals surface area contributed by atoms with Crippen LogP contribution in [-0.4, -0.2) is 22.1 Å². The summed E-state index contributed by atoms with van der Waals surface area (Å²) < 4.78 is 53.6. The minimum absolute atomic E-state index is 0.0160. The molecule has 0 fully saturated rings. The molecule has 0 spiro atoms. The number of halogens is 4. The zero-order chi connectivity index (χ0) is 18.9. The molecule has 0 bridgehead atoms. The maximum absolute atomic E-state index is 13.4. The lowest BCUT2D eigenvalue weighted by atomic mass is 10.1. The molecule has 26 heavy (non-hydrogen) atoms. The van der Waals surface area contributed by atoms with E-state index in [-0.39, 0.29) is 22.2 Å². The number of aryl methyl sites for hydroxylation is 1. The van der Waals surface area contributed by atoms with Crippen molar-refractivity contribution >= 4 is 16.8 Å². The van der Waals surface area contributed by atoms with Crippen LogP contribution in [0.25, 0.3) is 10.9 Å². The molecule has 1 N–H and O–H groups in total. The molecule has 3 aromatic rings. The molecule has 2 heterocycles. The van der Waals surface area contributed by atoms with Crippen LogP contribution in [0.2, 0.25) is 0 Å². The number of nitrogens with one attached hydrogen (secondary N) is 1. The summed E-state index contributed by atoms with van der Waals surface area (Å²) in [5.41, 5.74) is 0.235. The van der Waals surface area contributed by atoms with Crippen molar-refractivity contribution in [3.63, 3.8) is 0 Å². The molecule has 0 saturated heterocycles. The molecule has 1 aromatic carbocycles. The second-order valence-electron chi connectivity index (χ2n) is 5.68. The van der Waals surface area contributed by atoms with Crippen molar-refractivity contribution in [2.24, 2.45) is 0 Å². The second kappa shape index (κ2) is 6.70. The first-order valence-electron chi connectivity index (χ1n) is 7.61. The van der Waals surface area contributed by atoms with Crippen LogP contribution in [0, 0.1) is 12.7 Å². The van der Waals surface area contributed by atoms with E-state index < -0.39 is 23.9 Å². The number of nitrogens with zero attached hydrogens (tertiary/aromatic N) is 2. The summed E-state index contributed by atoms with van der Waals surface area (Å²) in [7, 11) is 0. The molecule has 8 heteroatoms. The minimum atomic E-state index is -4.73. The van der Waals surface area contributed by atoms with Crippen molar-refractivity contribution < 1.29 is 22.4 Å².